The Morgan fingerprint density at radius 1 is 1.02 bits per heavy atom. The summed E-state index contributed by atoms with van der Waals surface area (Å²) in [5, 5.41) is 6.74. The van der Waals surface area contributed by atoms with Crippen LogP contribution in [0.3, 0.4) is 0 Å². The van der Waals surface area contributed by atoms with Crippen molar-refractivity contribution >= 4 is 69.0 Å². The molecule has 2 fully saturated rings. The Balaban J connectivity index is 1.33. The number of amides is 2. The van der Waals surface area contributed by atoms with Crippen LogP contribution in [0.25, 0.3) is 11.0 Å². The van der Waals surface area contributed by atoms with E-state index in [4.69, 9.17) is 39.8 Å². The lowest BCUT2D eigenvalue weighted by Crippen LogP contribution is -2.34. The molecule has 2 atom stereocenters. The fourth-order valence-electron chi connectivity index (χ4n) is 5.79. The molecule has 6 rings (SSSR count). The van der Waals surface area contributed by atoms with Crippen molar-refractivity contribution in [3.05, 3.63) is 85.9 Å². The van der Waals surface area contributed by atoms with Crippen molar-refractivity contribution in [2.45, 2.75) is 40.2 Å². The largest absolute Gasteiger partial charge is 0.370 e. The number of benzene rings is 3. The van der Waals surface area contributed by atoms with Crippen LogP contribution in [0.4, 0.5) is 15.8 Å². The average Bonchev–Trinajstić information content (AvgIpc) is 3.45. The molecule has 0 radical (unpaired) electrons. The minimum Gasteiger partial charge on any atom is -0.370 e. The van der Waals surface area contributed by atoms with Crippen LogP contribution in [0.2, 0.25) is 15.1 Å². The predicted molar refractivity (Wildman–Crippen MR) is 174 cm³/mol. The second-order valence-corrected chi connectivity index (χ2v) is 14.0. The van der Waals surface area contributed by atoms with Gasteiger partial charge in [0.1, 0.15) is 11.6 Å². The maximum absolute atomic E-state index is 13.7. The number of piperidine rings is 1. The number of aromatic nitrogens is 2. The summed E-state index contributed by atoms with van der Waals surface area (Å²) in [6.07, 6.45) is 1.58. The topological polar surface area (TPSA) is 79.3 Å². The van der Waals surface area contributed by atoms with Gasteiger partial charge in [-0.05, 0) is 65.8 Å². The van der Waals surface area contributed by atoms with Gasteiger partial charge in [0.2, 0.25) is 5.91 Å². The monoisotopic (exact) mass is 655 g/mol. The molecule has 4 aromatic rings. The van der Waals surface area contributed by atoms with Gasteiger partial charge in [0.15, 0.2) is 0 Å². The molecule has 7 nitrogen and oxygen atoms in total. The fourth-order valence-corrected chi connectivity index (χ4v) is 6.54. The number of carbonyl (C=O) groups excluding carboxylic acids is 2. The molecule has 230 valence electrons. The summed E-state index contributed by atoms with van der Waals surface area (Å²) < 4.78 is 15.7. The lowest BCUT2D eigenvalue weighted by atomic mass is 9.95. The third-order valence-electron chi connectivity index (χ3n) is 8.55. The van der Waals surface area contributed by atoms with Crippen LogP contribution in [-0.4, -0.2) is 34.5 Å². The molecule has 44 heavy (non-hydrogen) atoms. The van der Waals surface area contributed by atoms with E-state index < -0.39 is 11.2 Å². The van der Waals surface area contributed by atoms with E-state index >= 15 is 0 Å². The van der Waals surface area contributed by atoms with Gasteiger partial charge in [0.25, 0.3) is 5.91 Å². The highest BCUT2D eigenvalue weighted by molar-refractivity contribution is 6.36. The summed E-state index contributed by atoms with van der Waals surface area (Å²) in [5.74, 6) is 1.08. The summed E-state index contributed by atoms with van der Waals surface area (Å²) in [4.78, 5) is 33.2. The van der Waals surface area contributed by atoms with E-state index in [-0.39, 0.29) is 23.4 Å². The van der Waals surface area contributed by atoms with Gasteiger partial charge in [0, 0.05) is 49.2 Å². The van der Waals surface area contributed by atoms with E-state index in [1.807, 2.05) is 44.5 Å². The van der Waals surface area contributed by atoms with Gasteiger partial charge in [0.05, 0.1) is 32.3 Å². The molecule has 1 saturated carbocycles. The number of fused-ring (bicyclic) bond motifs is 2. The second-order valence-electron chi connectivity index (χ2n) is 12.8. The third-order valence-corrected chi connectivity index (χ3v) is 9.67. The van der Waals surface area contributed by atoms with Crippen LogP contribution < -0.4 is 15.5 Å². The number of imidazole rings is 1. The Kier molecular flexibility index (Phi) is 8.05. The van der Waals surface area contributed by atoms with E-state index in [1.165, 1.54) is 24.6 Å². The van der Waals surface area contributed by atoms with Crippen LogP contribution in [0.1, 0.15) is 54.5 Å². The van der Waals surface area contributed by atoms with Gasteiger partial charge >= 0.3 is 0 Å². The molecule has 2 heterocycles. The number of carbonyl (C=O) groups is 2. The fraction of sp³-hybridized carbons (Fsp3) is 0.364. The van der Waals surface area contributed by atoms with E-state index in [0.717, 1.165) is 35.7 Å². The molecule has 2 aliphatic rings. The first-order valence-corrected chi connectivity index (χ1v) is 15.7. The molecule has 2 N–H and O–H groups in total. The highest BCUT2D eigenvalue weighted by atomic mass is 35.5. The van der Waals surface area contributed by atoms with Crippen LogP contribution >= 0.6 is 34.8 Å². The van der Waals surface area contributed by atoms with Gasteiger partial charge in [-0.2, -0.15) is 0 Å². The molecule has 0 bridgehead atoms. The number of nitrogens with one attached hydrogen (secondary N) is 2. The SMILES string of the molecule is Cn1c(Cc2c(Cl)ccc(CNC(=O)C(C)(C)C)c2Cl)nc2cc(C(=O)Nc3ccc(F)c(Cl)c3)c(N3CC4CC4C3)cc21. The zero-order chi connectivity index (χ0) is 31.5. The van der Waals surface area contributed by atoms with E-state index in [9.17, 15) is 14.0 Å². The maximum Gasteiger partial charge on any atom is 0.257 e. The number of hydrogen-bond acceptors (Lipinski definition) is 4. The maximum atomic E-state index is 13.7. The van der Waals surface area contributed by atoms with Crippen molar-refractivity contribution in [1.29, 1.82) is 0 Å². The molecule has 2 unspecified atom stereocenters. The molecule has 1 aromatic heterocycles. The highest BCUT2D eigenvalue weighted by Crippen LogP contribution is 2.47. The van der Waals surface area contributed by atoms with Gasteiger partial charge in [-0.15, -0.1) is 0 Å². The van der Waals surface area contributed by atoms with Gasteiger partial charge in [-0.3, -0.25) is 9.59 Å². The summed E-state index contributed by atoms with van der Waals surface area (Å²) in [6, 6.07) is 11.5. The van der Waals surface area contributed by atoms with E-state index in [1.54, 1.807) is 12.1 Å². The number of nitrogens with zero attached hydrogens (tertiary/aromatic N) is 3. The van der Waals surface area contributed by atoms with Crippen LogP contribution in [0, 0.1) is 23.1 Å². The molecule has 1 aliphatic carbocycles. The molecule has 0 spiro atoms. The molecule has 1 saturated heterocycles. The first-order valence-electron chi connectivity index (χ1n) is 14.5. The zero-order valence-electron chi connectivity index (χ0n) is 24.9. The van der Waals surface area contributed by atoms with E-state index in [2.05, 4.69) is 15.5 Å². The van der Waals surface area contributed by atoms with E-state index in [0.29, 0.717) is 50.6 Å². The number of anilines is 2. The molecule has 1 aliphatic heterocycles. The summed E-state index contributed by atoms with van der Waals surface area (Å²) >= 11 is 19.4. The predicted octanol–water partition coefficient (Wildman–Crippen LogP) is 7.63. The minimum absolute atomic E-state index is 0.0644. The van der Waals surface area contributed by atoms with Crippen molar-refractivity contribution in [2.24, 2.45) is 24.3 Å². The summed E-state index contributed by atoms with van der Waals surface area (Å²) in [6.45, 7) is 7.64. The first kappa shape index (κ1) is 30.7. The van der Waals surface area contributed by atoms with Crippen molar-refractivity contribution in [3.63, 3.8) is 0 Å². The van der Waals surface area contributed by atoms with Crippen LogP contribution in [0.5, 0.6) is 0 Å². The first-order chi connectivity index (χ1) is 20.8. The smallest absolute Gasteiger partial charge is 0.257 e. The number of halogens is 4. The lowest BCUT2D eigenvalue weighted by molar-refractivity contribution is -0.128. The minimum atomic E-state index is -0.551. The Bertz CT molecular complexity index is 1810. The third kappa shape index (κ3) is 6.00. The van der Waals surface area contributed by atoms with Crippen molar-refractivity contribution in [3.8, 4) is 0 Å². The normalized spacial score (nSPS) is 17.6. The van der Waals surface area contributed by atoms with Crippen LogP contribution in [-0.2, 0) is 24.8 Å². The number of rotatable bonds is 7. The second kappa shape index (κ2) is 11.5. The van der Waals surface area contributed by atoms with Gasteiger partial charge in [-0.25, -0.2) is 9.37 Å². The standard InChI is InChI=1S/C33H33Cl3FN5O2/c1-33(2,3)32(44)38-14-17-5-7-23(34)21(30(17)36)12-29-40-26-11-22(31(43)39-20-6-8-25(37)24(35)10-20)27(13-28(26)41(29)4)42-15-18-9-19(18)16-42/h5-8,10-11,13,18-19H,9,12,14-16H2,1-4H3,(H,38,44)(H,39,43). The number of aryl methyl sites for hydroxylation is 1. The Labute approximate surface area is 270 Å². The molecule has 3 aromatic carbocycles. The summed E-state index contributed by atoms with van der Waals surface area (Å²) in [5.41, 5.74) is 4.19. The average molecular weight is 657 g/mol. The Hall–Kier alpha value is -3.33. The highest BCUT2D eigenvalue weighted by Gasteiger charge is 2.45. The quantitative estimate of drug-likeness (QED) is 0.214. The summed E-state index contributed by atoms with van der Waals surface area (Å²) in [7, 11) is 1.94. The zero-order valence-corrected chi connectivity index (χ0v) is 27.2. The van der Waals surface area contributed by atoms with Gasteiger partial charge < -0.3 is 20.1 Å². The molecule has 2 amide bonds. The van der Waals surface area contributed by atoms with Crippen molar-refractivity contribution in [1.82, 2.24) is 14.9 Å². The van der Waals surface area contributed by atoms with Crippen molar-refractivity contribution in [2.75, 3.05) is 23.3 Å². The molecular weight excluding hydrogens is 624 g/mol. The number of hydrogen-bond donors (Lipinski definition) is 2. The van der Waals surface area contributed by atoms with Crippen LogP contribution in [0.15, 0.2) is 42.5 Å². The molecule has 11 heteroatoms. The molecular formula is C33H33Cl3FN5O2. The van der Waals surface area contributed by atoms with Crippen molar-refractivity contribution < 1.29 is 14.0 Å². The lowest BCUT2D eigenvalue weighted by Gasteiger charge is -2.23. The Morgan fingerprint density at radius 3 is 2.43 bits per heavy atom. The van der Waals surface area contributed by atoms with Gasteiger partial charge in [-0.1, -0.05) is 61.6 Å². The Morgan fingerprint density at radius 2 is 1.75 bits per heavy atom.